The summed E-state index contributed by atoms with van der Waals surface area (Å²) < 4.78 is 5.61. The lowest BCUT2D eigenvalue weighted by Gasteiger charge is -2.37. The molecule has 0 radical (unpaired) electrons. The maximum atomic E-state index is 5.61. The fraction of sp³-hybridized carbons (Fsp3) is 0.625. The summed E-state index contributed by atoms with van der Waals surface area (Å²) in [4.78, 5) is 4.08. The Bertz CT molecular complexity index is 412. The molecule has 2 nitrogen and oxygen atoms in total. The number of nitrogens with zero attached hydrogens (tertiary/aromatic N) is 1. The lowest BCUT2D eigenvalue weighted by molar-refractivity contribution is -0.00456. The lowest BCUT2D eigenvalue weighted by atomic mass is 9.95. The van der Waals surface area contributed by atoms with Crippen molar-refractivity contribution in [2.75, 3.05) is 26.7 Å². The first-order valence-electron chi connectivity index (χ1n) is 7.26. The van der Waals surface area contributed by atoms with Gasteiger partial charge in [0, 0.05) is 30.3 Å². The number of hydrogen-bond donors (Lipinski definition) is 0. The molecule has 3 atom stereocenters. The molecule has 0 aliphatic carbocycles. The summed E-state index contributed by atoms with van der Waals surface area (Å²) in [7, 11) is 1.85. The molecule has 2 aliphatic heterocycles. The number of thioether (sulfide) groups is 1. The summed E-state index contributed by atoms with van der Waals surface area (Å²) in [6.07, 6.45) is 2.91. The van der Waals surface area contributed by atoms with Gasteiger partial charge in [0.1, 0.15) is 0 Å². The maximum Gasteiger partial charge on any atom is 0.0724 e. The number of rotatable bonds is 3. The van der Waals surface area contributed by atoms with Gasteiger partial charge in [0.2, 0.25) is 0 Å². The van der Waals surface area contributed by atoms with Crippen LogP contribution in [-0.2, 0) is 11.2 Å². The van der Waals surface area contributed by atoms with Gasteiger partial charge in [0.15, 0.2) is 0 Å². The highest BCUT2D eigenvalue weighted by Crippen LogP contribution is 2.37. The van der Waals surface area contributed by atoms with E-state index in [4.69, 9.17) is 4.74 Å². The van der Waals surface area contributed by atoms with Crippen molar-refractivity contribution in [2.45, 2.75) is 36.0 Å². The van der Waals surface area contributed by atoms with Gasteiger partial charge in [0.25, 0.3) is 0 Å². The van der Waals surface area contributed by atoms with Crippen LogP contribution < -0.4 is 0 Å². The summed E-state index contributed by atoms with van der Waals surface area (Å²) in [5.41, 5.74) is 1.53. The van der Waals surface area contributed by atoms with Gasteiger partial charge in [-0.05, 0) is 36.9 Å². The van der Waals surface area contributed by atoms with Crippen molar-refractivity contribution in [2.24, 2.45) is 5.92 Å². The Morgan fingerprint density at radius 1 is 1.37 bits per heavy atom. The summed E-state index contributed by atoms with van der Waals surface area (Å²) in [5, 5.41) is 0.725. The molecule has 0 N–H and O–H groups in total. The number of piperidine rings is 1. The molecular weight excluding hydrogens is 254 g/mol. The molecule has 1 saturated heterocycles. The van der Waals surface area contributed by atoms with Crippen LogP contribution in [0.4, 0.5) is 0 Å². The second-order valence-electron chi connectivity index (χ2n) is 5.85. The van der Waals surface area contributed by atoms with Gasteiger partial charge in [-0.1, -0.05) is 25.1 Å². The average molecular weight is 277 g/mol. The summed E-state index contributed by atoms with van der Waals surface area (Å²) >= 11 is 2.06. The van der Waals surface area contributed by atoms with E-state index in [1.807, 2.05) is 7.11 Å². The molecule has 3 rings (SSSR count). The van der Waals surface area contributed by atoms with E-state index < -0.39 is 0 Å². The van der Waals surface area contributed by atoms with Crippen LogP contribution in [0.15, 0.2) is 29.2 Å². The van der Waals surface area contributed by atoms with Gasteiger partial charge >= 0.3 is 0 Å². The van der Waals surface area contributed by atoms with Crippen LogP contribution >= 0.6 is 11.8 Å². The first-order chi connectivity index (χ1) is 9.26. The van der Waals surface area contributed by atoms with Crippen LogP contribution in [0.1, 0.15) is 18.9 Å². The van der Waals surface area contributed by atoms with E-state index in [9.17, 15) is 0 Å². The Morgan fingerprint density at radius 2 is 2.21 bits per heavy atom. The number of ether oxygens (including phenoxy) is 1. The van der Waals surface area contributed by atoms with Crippen molar-refractivity contribution in [3.8, 4) is 0 Å². The smallest absolute Gasteiger partial charge is 0.0724 e. The van der Waals surface area contributed by atoms with Crippen LogP contribution in [-0.4, -0.2) is 43.0 Å². The molecule has 1 aromatic rings. The monoisotopic (exact) mass is 277 g/mol. The Balaban J connectivity index is 1.56. The number of hydrogen-bond acceptors (Lipinski definition) is 3. The van der Waals surface area contributed by atoms with Crippen LogP contribution in [0.3, 0.4) is 0 Å². The van der Waals surface area contributed by atoms with Crippen LogP contribution in [0.5, 0.6) is 0 Å². The van der Waals surface area contributed by atoms with Gasteiger partial charge in [-0.2, -0.15) is 0 Å². The largest absolute Gasteiger partial charge is 0.380 e. The SMILES string of the molecule is COC1CN(CC2Cc3ccccc3S2)CCC1C. The first kappa shape index (κ1) is 13.5. The fourth-order valence-electron chi connectivity index (χ4n) is 3.21. The molecule has 0 aromatic heterocycles. The summed E-state index contributed by atoms with van der Waals surface area (Å²) in [6.45, 7) is 5.84. The van der Waals surface area contributed by atoms with Crippen LogP contribution in [0.25, 0.3) is 0 Å². The minimum atomic E-state index is 0.419. The second kappa shape index (κ2) is 5.86. The van der Waals surface area contributed by atoms with Gasteiger partial charge in [-0.3, -0.25) is 4.90 Å². The molecule has 19 heavy (non-hydrogen) atoms. The third-order valence-electron chi connectivity index (χ3n) is 4.45. The number of fused-ring (bicyclic) bond motifs is 1. The number of methoxy groups -OCH3 is 1. The topological polar surface area (TPSA) is 12.5 Å². The van der Waals surface area contributed by atoms with Crippen molar-refractivity contribution >= 4 is 11.8 Å². The van der Waals surface area contributed by atoms with Crippen LogP contribution in [0.2, 0.25) is 0 Å². The standard InChI is InChI=1S/C16H23NOS/c1-12-7-8-17(11-15(12)18-2)10-14-9-13-5-3-4-6-16(13)19-14/h3-6,12,14-15H,7-11H2,1-2H3. The molecule has 1 fully saturated rings. The summed E-state index contributed by atoms with van der Waals surface area (Å²) in [5.74, 6) is 0.703. The predicted molar refractivity (Wildman–Crippen MR) is 80.8 cm³/mol. The lowest BCUT2D eigenvalue weighted by Crippen LogP contribution is -2.46. The van der Waals surface area contributed by atoms with Crippen molar-refractivity contribution < 1.29 is 4.74 Å². The highest BCUT2D eigenvalue weighted by atomic mass is 32.2. The van der Waals surface area contributed by atoms with E-state index in [0.717, 1.165) is 11.8 Å². The van der Waals surface area contributed by atoms with Crippen molar-refractivity contribution in [1.82, 2.24) is 4.90 Å². The first-order valence-corrected chi connectivity index (χ1v) is 8.14. The fourth-order valence-corrected chi connectivity index (χ4v) is 4.58. The highest BCUT2D eigenvalue weighted by Gasteiger charge is 2.29. The molecule has 1 aromatic carbocycles. The van der Waals surface area contributed by atoms with Crippen molar-refractivity contribution in [1.29, 1.82) is 0 Å². The minimum Gasteiger partial charge on any atom is -0.380 e. The van der Waals surface area contributed by atoms with Crippen LogP contribution in [0, 0.1) is 5.92 Å². The highest BCUT2D eigenvalue weighted by molar-refractivity contribution is 8.00. The third-order valence-corrected chi connectivity index (χ3v) is 5.75. The van der Waals surface area contributed by atoms with Gasteiger partial charge in [0.05, 0.1) is 6.10 Å². The Kier molecular flexibility index (Phi) is 4.15. The molecule has 2 heterocycles. The maximum absolute atomic E-state index is 5.61. The zero-order valence-corrected chi connectivity index (χ0v) is 12.7. The average Bonchev–Trinajstić information content (AvgIpc) is 2.83. The van der Waals surface area contributed by atoms with Crippen molar-refractivity contribution in [3.63, 3.8) is 0 Å². The van der Waals surface area contributed by atoms with E-state index >= 15 is 0 Å². The normalized spacial score (nSPS) is 31.4. The predicted octanol–water partition coefficient (Wildman–Crippen LogP) is 3.06. The molecule has 0 saturated carbocycles. The molecular formula is C16H23NOS. The van der Waals surface area contributed by atoms with E-state index in [-0.39, 0.29) is 0 Å². The molecule has 0 spiro atoms. The third kappa shape index (κ3) is 2.99. The zero-order valence-electron chi connectivity index (χ0n) is 11.8. The molecule has 2 aliphatic rings. The molecule has 0 bridgehead atoms. The quantitative estimate of drug-likeness (QED) is 0.842. The molecule has 0 amide bonds. The van der Waals surface area contributed by atoms with E-state index in [1.54, 1.807) is 0 Å². The van der Waals surface area contributed by atoms with Gasteiger partial charge < -0.3 is 4.74 Å². The van der Waals surface area contributed by atoms with E-state index in [1.165, 1.54) is 36.4 Å². The van der Waals surface area contributed by atoms with Gasteiger partial charge in [-0.25, -0.2) is 0 Å². The molecule has 3 heteroatoms. The van der Waals surface area contributed by atoms with E-state index in [0.29, 0.717) is 12.0 Å². The Hall–Kier alpha value is -0.510. The Labute approximate surface area is 120 Å². The van der Waals surface area contributed by atoms with Crippen molar-refractivity contribution in [3.05, 3.63) is 29.8 Å². The zero-order chi connectivity index (χ0) is 13.2. The minimum absolute atomic E-state index is 0.419. The van der Waals surface area contributed by atoms with E-state index in [2.05, 4.69) is 47.9 Å². The molecule has 104 valence electrons. The van der Waals surface area contributed by atoms with Gasteiger partial charge in [-0.15, -0.1) is 11.8 Å². The Morgan fingerprint density at radius 3 is 3.00 bits per heavy atom. The second-order valence-corrected chi connectivity index (χ2v) is 7.19. The number of benzene rings is 1. The molecule has 3 unspecified atom stereocenters. The summed E-state index contributed by atoms with van der Waals surface area (Å²) in [6, 6.07) is 8.85. The number of likely N-dealkylation sites (tertiary alicyclic amines) is 1.